The molecule has 3 rings (SSSR count). The first-order chi connectivity index (χ1) is 10.8. The molecule has 0 spiro atoms. The number of anilines is 1. The Hall–Kier alpha value is -1.86. The van der Waals surface area contributed by atoms with Gasteiger partial charge in [-0.05, 0) is 25.8 Å². The Kier molecular flexibility index (Phi) is 4.16. The molecular weight excluding hydrogens is 307 g/mol. The summed E-state index contributed by atoms with van der Waals surface area (Å²) in [5.41, 5.74) is -0.544. The summed E-state index contributed by atoms with van der Waals surface area (Å²) in [7, 11) is 2.01. The van der Waals surface area contributed by atoms with E-state index >= 15 is 0 Å². The van der Waals surface area contributed by atoms with Gasteiger partial charge in [0, 0.05) is 38.3 Å². The second-order valence-electron chi connectivity index (χ2n) is 6.14. The summed E-state index contributed by atoms with van der Waals surface area (Å²) >= 11 is 0. The molecule has 0 aromatic carbocycles. The van der Waals surface area contributed by atoms with Crippen LogP contribution in [0.5, 0.6) is 0 Å². The van der Waals surface area contributed by atoms with E-state index in [9.17, 15) is 13.2 Å². The molecule has 1 unspecified atom stereocenters. The standard InChI is InChI=1S/C15H20F3N5/c1-10-8-12(15(16,17)18)21-14(20-10)23-6-3-4-11(9-23)13-19-5-7-22(13)2/h8,11H,3-7,9H2,1-2H3. The summed E-state index contributed by atoms with van der Waals surface area (Å²) in [5.74, 6) is 1.45. The Bertz CT molecular complexity index is 614. The molecule has 1 atom stereocenters. The number of aliphatic imine (C=N–C) groups is 1. The van der Waals surface area contributed by atoms with Crippen molar-refractivity contribution < 1.29 is 13.2 Å². The van der Waals surface area contributed by atoms with Crippen LogP contribution < -0.4 is 4.90 Å². The van der Waals surface area contributed by atoms with Gasteiger partial charge in [-0.25, -0.2) is 9.97 Å². The highest BCUT2D eigenvalue weighted by Gasteiger charge is 2.35. The zero-order valence-corrected chi connectivity index (χ0v) is 13.3. The summed E-state index contributed by atoms with van der Waals surface area (Å²) in [4.78, 5) is 16.5. The first kappa shape index (κ1) is 16.0. The number of halogens is 3. The molecule has 1 fully saturated rings. The van der Waals surface area contributed by atoms with Crippen LogP contribution in [-0.2, 0) is 6.18 Å². The van der Waals surface area contributed by atoms with Crippen molar-refractivity contribution in [1.29, 1.82) is 0 Å². The SMILES string of the molecule is Cc1cc(C(F)(F)F)nc(N2CCCC(C3=NCCN3C)C2)n1. The van der Waals surface area contributed by atoms with Gasteiger partial charge in [-0.1, -0.05) is 0 Å². The van der Waals surface area contributed by atoms with E-state index in [1.807, 2.05) is 11.9 Å². The maximum absolute atomic E-state index is 13.0. The van der Waals surface area contributed by atoms with Crippen LogP contribution in [0.4, 0.5) is 19.1 Å². The number of hydrogen-bond acceptors (Lipinski definition) is 5. The molecule has 0 saturated carbocycles. The number of amidine groups is 1. The highest BCUT2D eigenvalue weighted by atomic mass is 19.4. The van der Waals surface area contributed by atoms with E-state index in [4.69, 9.17) is 0 Å². The van der Waals surface area contributed by atoms with E-state index in [1.165, 1.54) is 0 Å². The molecule has 23 heavy (non-hydrogen) atoms. The van der Waals surface area contributed by atoms with Crippen molar-refractivity contribution >= 4 is 11.8 Å². The van der Waals surface area contributed by atoms with Gasteiger partial charge in [-0.2, -0.15) is 13.2 Å². The summed E-state index contributed by atoms with van der Waals surface area (Å²) < 4.78 is 38.9. The Morgan fingerprint density at radius 3 is 2.65 bits per heavy atom. The van der Waals surface area contributed by atoms with Gasteiger partial charge in [0.2, 0.25) is 5.95 Å². The molecule has 0 radical (unpaired) electrons. The first-order valence-corrected chi connectivity index (χ1v) is 7.78. The molecule has 0 bridgehead atoms. The second kappa shape index (κ2) is 5.98. The summed E-state index contributed by atoms with van der Waals surface area (Å²) in [6.45, 7) is 4.56. The monoisotopic (exact) mass is 327 g/mol. The zero-order valence-electron chi connectivity index (χ0n) is 13.3. The van der Waals surface area contributed by atoms with E-state index < -0.39 is 11.9 Å². The molecule has 5 nitrogen and oxygen atoms in total. The number of likely N-dealkylation sites (N-methyl/N-ethyl adjacent to an activating group) is 1. The maximum atomic E-state index is 13.0. The minimum Gasteiger partial charge on any atom is -0.361 e. The summed E-state index contributed by atoms with van der Waals surface area (Å²) in [5, 5.41) is 0. The average Bonchev–Trinajstić information content (AvgIpc) is 2.92. The molecular formula is C15H20F3N5. The third-order valence-electron chi connectivity index (χ3n) is 4.30. The molecule has 0 amide bonds. The normalized spacial score (nSPS) is 22.5. The smallest absolute Gasteiger partial charge is 0.361 e. The van der Waals surface area contributed by atoms with E-state index in [1.54, 1.807) is 6.92 Å². The van der Waals surface area contributed by atoms with Crippen LogP contribution in [0.1, 0.15) is 24.2 Å². The number of rotatable bonds is 2. The van der Waals surface area contributed by atoms with Gasteiger partial charge < -0.3 is 9.80 Å². The fourth-order valence-corrected chi connectivity index (χ4v) is 3.20. The first-order valence-electron chi connectivity index (χ1n) is 7.78. The van der Waals surface area contributed by atoms with Crippen LogP contribution in [-0.4, -0.2) is 53.9 Å². The lowest BCUT2D eigenvalue weighted by atomic mass is 9.96. The Morgan fingerprint density at radius 2 is 2.00 bits per heavy atom. The summed E-state index contributed by atoms with van der Waals surface area (Å²) in [6.07, 6.45) is -2.55. The van der Waals surface area contributed by atoms with Gasteiger partial charge in [0.05, 0.1) is 6.54 Å². The predicted octanol–water partition coefficient (Wildman–Crippen LogP) is 2.36. The fraction of sp³-hybridized carbons (Fsp3) is 0.667. The van der Waals surface area contributed by atoms with Crippen LogP contribution in [0.3, 0.4) is 0 Å². The quantitative estimate of drug-likeness (QED) is 0.836. The largest absolute Gasteiger partial charge is 0.433 e. The zero-order chi connectivity index (χ0) is 16.6. The molecule has 1 aromatic heterocycles. The molecule has 126 valence electrons. The van der Waals surface area contributed by atoms with Crippen molar-refractivity contribution in [2.24, 2.45) is 10.9 Å². The van der Waals surface area contributed by atoms with E-state index in [0.29, 0.717) is 18.8 Å². The molecule has 1 aromatic rings. The van der Waals surface area contributed by atoms with Gasteiger partial charge in [-0.15, -0.1) is 0 Å². The number of piperidine rings is 1. The van der Waals surface area contributed by atoms with Crippen molar-refractivity contribution in [2.75, 3.05) is 38.1 Å². The van der Waals surface area contributed by atoms with Crippen LogP contribution >= 0.6 is 0 Å². The van der Waals surface area contributed by atoms with Crippen molar-refractivity contribution in [3.05, 3.63) is 17.5 Å². The maximum Gasteiger partial charge on any atom is 0.433 e. The van der Waals surface area contributed by atoms with Gasteiger partial charge in [0.1, 0.15) is 11.5 Å². The highest BCUT2D eigenvalue weighted by Crippen LogP contribution is 2.30. The van der Waals surface area contributed by atoms with Crippen molar-refractivity contribution in [2.45, 2.75) is 25.9 Å². The lowest BCUT2D eigenvalue weighted by Crippen LogP contribution is -2.43. The van der Waals surface area contributed by atoms with E-state index in [0.717, 1.165) is 37.8 Å². The molecule has 0 aliphatic carbocycles. The van der Waals surface area contributed by atoms with Gasteiger partial charge in [0.25, 0.3) is 0 Å². The second-order valence-corrected chi connectivity index (χ2v) is 6.14. The number of aromatic nitrogens is 2. The molecule has 3 heterocycles. The molecule has 1 saturated heterocycles. The average molecular weight is 327 g/mol. The number of aryl methyl sites for hydroxylation is 1. The Labute approximate surface area is 133 Å². The third-order valence-corrected chi connectivity index (χ3v) is 4.30. The van der Waals surface area contributed by atoms with Crippen LogP contribution in [0, 0.1) is 12.8 Å². The lowest BCUT2D eigenvalue weighted by Gasteiger charge is -2.34. The van der Waals surface area contributed by atoms with E-state index in [-0.39, 0.29) is 11.9 Å². The molecule has 2 aliphatic heterocycles. The highest BCUT2D eigenvalue weighted by molar-refractivity contribution is 5.86. The van der Waals surface area contributed by atoms with Gasteiger partial charge in [0.15, 0.2) is 0 Å². The minimum absolute atomic E-state index is 0.170. The number of hydrogen-bond donors (Lipinski definition) is 0. The molecule has 2 aliphatic rings. The van der Waals surface area contributed by atoms with Gasteiger partial charge >= 0.3 is 6.18 Å². The van der Waals surface area contributed by atoms with Crippen molar-refractivity contribution in [3.63, 3.8) is 0 Å². The Morgan fingerprint density at radius 1 is 1.22 bits per heavy atom. The topological polar surface area (TPSA) is 44.6 Å². The van der Waals surface area contributed by atoms with Crippen molar-refractivity contribution in [3.8, 4) is 0 Å². The minimum atomic E-state index is -4.45. The Balaban J connectivity index is 1.83. The molecule has 0 N–H and O–H groups in total. The van der Waals surface area contributed by atoms with Gasteiger partial charge in [-0.3, -0.25) is 4.99 Å². The van der Waals surface area contributed by atoms with Crippen LogP contribution in [0.25, 0.3) is 0 Å². The number of alkyl halides is 3. The predicted molar refractivity (Wildman–Crippen MR) is 81.6 cm³/mol. The molecule has 8 heteroatoms. The fourth-order valence-electron chi connectivity index (χ4n) is 3.20. The van der Waals surface area contributed by atoms with E-state index in [2.05, 4.69) is 19.9 Å². The van der Waals surface area contributed by atoms with Crippen LogP contribution in [0.2, 0.25) is 0 Å². The summed E-state index contributed by atoms with van der Waals surface area (Å²) in [6, 6.07) is 0.986. The number of nitrogens with zero attached hydrogens (tertiary/aromatic N) is 5. The third kappa shape index (κ3) is 3.40. The van der Waals surface area contributed by atoms with Crippen molar-refractivity contribution in [1.82, 2.24) is 14.9 Å². The lowest BCUT2D eigenvalue weighted by molar-refractivity contribution is -0.141. The van der Waals surface area contributed by atoms with Crippen LogP contribution in [0.15, 0.2) is 11.1 Å².